The van der Waals surface area contributed by atoms with Crippen LogP contribution in [0.4, 0.5) is 4.79 Å². The second-order valence-electron chi connectivity index (χ2n) is 15.6. The van der Waals surface area contributed by atoms with Crippen molar-refractivity contribution in [2.24, 2.45) is 11.3 Å². The van der Waals surface area contributed by atoms with E-state index in [2.05, 4.69) is 26.9 Å². The van der Waals surface area contributed by atoms with Crippen molar-refractivity contribution in [1.29, 1.82) is 0 Å². The zero-order chi connectivity index (χ0) is 36.9. The van der Waals surface area contributed by atoms with E-state index >= 15 is 0 Å². The van der Waals surface area contributed by atoms with Crippen LogP contribution in [0.1, 0.15) is 79.1 Å². The van der Waals surface area contributed by atoms with Gasteiger partial charge in [0.1, 0.15) is 35.6 Å². The lowest BCUT2D eigenvalue weighted by Gasteiger charge is -2.35. The lowest BCUT2D eigenvalue weighted by molar-refractivity contribution is -0.143. The molecule has 3 saturated carbocycles. The van der Waals surface area contributed by atoms with Crippen LogP contribution in [0.25, 0.3) is 10.9 Å². The highest BCUT2D eigenvalue weighted by molar-refractivity contribution is 7.91. The molecule has 4 fully saturated rings. The Bertz CT molecular complexity index is 1850. The minimum atomic E-state index is -3.99. The molecule has 276 valence electrons. The molecule has 13 nitrogen and oxygen atoms in total. The van der Waals surface area contributed by atoms with Gasteiger partial charge in [-0.1, -0.05) is 38.4 Å². The number of nitrogens with zero attached hydrogens (tertiary/aromatic N) is 2. The zero-order valence-corrected chi connectivity index (χ0v) is 30.9. The van der Waals surface area contributed by atoms with E-state index in [0.29, 0.717) is 34.5 Å². The van der Waals surface area contributed by atoms with Crippen molar-refractivity contribution in [3.63, 3.8) is 0 Å². The number of likely N-dealkylation sites (tertiary alicyclic amines) is 1. The molecule has 2 heterocycles. The number of alkyl carbamates (subject to hydrolysis) is 1. The van der Waals surface area contributed by atoms with Crippen molar-refractivity contribution >= 4 is 56.3 Å². The monoisotopic (exact) mass is 743 g/mol. The summed E-state index contributed by atoms with van der Waals surface area (Å²) in [4.78, 5) is 61.1. The lowest BCUT2D eigenvalue weighted by Crippen LogP contribution is -2.60. The number of nitrogens with one attached hydrogen (secondary N) is 3. The van der Waals surface area contributed by atoms with Crippen LogP contribution < -0.4 is 20.1 Å². The first-order valence-corrected chi connectivity index (χ1v) is 19.3. The first-order chi connectivity index (χ1) is 24.0. The van der Waals surface area contributed by atoms with Gasteiger partial charge in [0, 0.05) is 28.9 Å². The van der Waals surface area contributed by atoms with Gasteiger partial charge in [0.2, 0.25) is 21.8 Å². The number of rotatable bonds is 11. The number of ether oxygens (including phenoxy) is 2. The van der Waals surface area contributed by atoms with E-state index in [0.717, 1.165) is 25.7 Å². The highest BCUT2D eigenvalue weighted by Gasteiger charge is 2.63. The van der Waals surface area contributed by atoms with Gasteiger partial charge in [0.25, 0.3) is 5.91 Å². The van der Waals surface area contributed by atoms with Gasteiger partial charge in [0.05, 0.1) is 16.8 Å². The van der Waals surface area contributed by atoms with E-state index in [1.165, 1.54) is 11.0 Å². The zero-order valence-electron chi connectivity index (χ0n) is 29.4. The summed E-state index contributed by atoms with van der Waals surface area (Å²) < 4.78 is 39.2. The fourth-order valence-corrected chi connectivity index (χ4v) is 8.47. The third-order valence-electron chi connectivity index (χ3n) is 10.6. The summed E-state index contributed by atoms with van der Waals surface area (Å²) in [5.41, 5.74) is -1.74. The topological polar surface area (TPSA) is 173 Å². The quantitative estimate of drug-likeness (QED) is 0.283. The maximum absolute atomic E-state index is 14.5. The van der Waals surface area contributed by atoms with Gasteiger partial charge in [-0.2, -0.15) is 0 Å². The maximum atomic E-state index is 14.5. The molecule has 2 aromatic rings. The Labute approximate surface area is 303 Å². The highest BCUT2D eigenvalue weighted by Crippen LogP contribution is 2.47. The summed E-state index contributed by atoms with van der Waals surface area (Å²) in [7, 11) is -3.99. The van der Waals surface area contributed by atoms with Crippen molar-refractivity contribution in [3.8, 4) is 5.75 Å². The molecule has 5 unspecified atom stereocenters. The van der Waals surface area contributed by atoms with Crippen molar-refractivity contribution in [2.75, 3.05) is 6.54 Å². The minimum Gasteiger partial charge on any atom is -0.488 e. The Kier molecular flexibility index (Phi) is 9.81. The number of carbonyl (C=O) groups is 4. The highest BCUT2D eigenvalue weighted by atomic mass is 35.5. The van der Waals surface area contributed by atoms with E-state index in [9.17, 15) is 27.6 Å². The predicted octanol–water partition coefficient (Wildman–Crippen LogP) is 4.38. The molecule has 0 bridgehead atoms. The third-order valence-corrected chi connectivity index (χ3v) is 13.0. The number of hydrogen-bond acceptors (Lipinski definition) is 9. The number of sulfonamides is 1. The number of amides is 4. The molecule has 1 aromatic heterocycles. The summed E-state index contributed by atoms with van der Waals surface area (Å²) in [6.45, 7) is 10.7. The maximum Gasteiger partial charge on any atom is 0.408 e. The normalized spacial score (nSPS) is 26.2. The van der Waals surface area contributed by atoms with Crippen LogP contribution in [0.5, 0.6) is 5.75 Å². The summed E-state index contributed by atoms with van der Waals surface area (Å²) in [5.74, 6) is -2.07. The second kappa shape index (κ2) is 13.6. The molecule has 51 heavy (non-hydrogen) atoms. The van der Waals surface area contributed by atoms with Crippen LogP contribution in [0.3, 0.4) is 0 Å². The standard InChI is InChI=1S/C36H46ClN5O8S/c1-6-21-19-36(21,32(45)41-51(47,48)35(5)14-15-35)40-30(43)27-18-24(49-28-13-16-38-26-17-22(37)11-12-25(26)28)20-42(27)31(44)29(34(2,3)4)39-33(46)50-23-9-7-8-10-23/h6,11-13,16-17,21,23-24,27,29H,1,7-10,14-15,18-20H2,2-5H3,(H,39,46)(H,40,43)(H,41,45). The van der Waals surface area contributed by atoms with Gasteiger partial charge < -0.3 is 25.0 Å². The van der Waals surface area contributed by atoms with E-state index in [-0.39, 0.29) is 25.5 Å². The second-order valence-corrected chi connectivity index (χ2v) is 18.2. The molecule has 5 atom stereocenters. The van der Waals surface area contributed by atoms with Crippen LogP contribution in [0, 0.1) is 11.3 Å². The van der Waals surface area contributed by atoms with Gasteiger partial charge in [0.15, 0.2) is 0 Å². The summed E-state index contributed by atoms with van der Waals surface area (Å²) in [6.07, 6.45) is 5.96. The molecule has 4 aliphatic rings. The van der Waals surface area contributed by atoms with E-state index < -0.39 is 73.6 Å². The minimum absolute atomic E-state index is 0.0168. The predicted molar refractivity (Wildman–Crippen MR) is 190 cm³/mol. The first-order valence-electron chi connectivity index (χ1n) is 17.5. The molecule has 4 amide bonds. The summed E-state index contributed by atoms with van der Waals surface area (Å²) in [6, 6.07) is 4.67. The van der Waals surface area contributed by atoms with Crippen LogP contribution in [0.2, 0.25) is 5.02 Å². The molecule has 1 aromatic carbocycles. The molecule has 3 N–H and O–H groups in total. The Morgan fingerprint density at radius 1 is 1.12 bits per heavy atom. The van der Waals surface area contributed by atoms with Crippen LogP contribution in [-0.2, 0) is 29.1 Å². The number of carbonyl (C=O) groups excluding carboxylic acids is 4. The van der Waals surface area contributed by atoms with Crippen molar-refractivity contribution in [2.45, 2.75) is 114 Å². The number of halogens is 1. The fraction of sp³-hybridized carbons (Fsp3) is 0.583. The van der Waals surface area contributed by atoms with Gasteiger partial charge in [-0.05, 0) is 81.5 Å². The van der Waals surface area contributed by atoms with Crippen LogP contribution >= 0.6 is 11.6 Å². The van der Waals surface area contributed by atoms with Crippen molar-refractivity contribution in [3.05, 3.63) is 48.1 Å². The van der Waals surface area contributed by atoms with E-state index in [4.69, 9.17) is 21.1 Å². The Balaban J connectivity index is 1.27. The van der Waals surface area contributed by atoms with E-state index in [1.54, 1.807) is 58.2 Å². The Morgan fingerprint density at radius 2 is 1.82 bits per heavy atom. The fourth-order valence-electron chi connectivity index (χ4n) is 6.99. The SMILES string of the molecule is C=CC1CC1(NC(=O)C1CC(Oc2ccnc3cc(Cl)ccc23)CN1C(=O)C(NC(=O)OC1CCCC1)C(C)(C)C)C(=O)NS(=O)(=O)C1(C)CC1. The molecule has 15 heteroatoms. The third kappa shape index (κ3) is 7.53. The van der Waals surface area contributed by atoms with Crippen LogP contribution in [-0.4, -0.2) is 83.2 Å². The molecule has 1 aliphatic heterocycles. The number of fused-ring (bicyclic) bond motifs is 1. The largest absolute Gasteiger partial charge is 0.488 e. The lowest BCUT2D eigenvalue weighted by atomic mass is 9.85. The van der Waals surface area contributed by atoms with Gasteiger partial charge in [-0.15, -0.1) is 6.58 Å². The van der Waals surface area contributed by atoms with Crippen molar-refractivity contribution in [1.82, 2.24) is 25.2 Å². The van der Waals surface area contributed by atoms with Gasteiger partial charge in [-0.3, -0.25) is 24.1 Å². The Hall–Kier alpha value is -3.91. The molecule has 6 rings (SSSR count). The van der Waals surface area contributed by atoms with E-state index in [1.807, 2.05) is 0 Å². The molecule has 0 radical (unpaired) electrons. The molecule has 1 saturated heterocycles. The van der Waals surface area contributed by atoms with Gasteiger partial charge in [-0.25, -0.2) is 13.2 Å². The number of hydrogen-bond donors (Lipinski definition) is 3. The Morgan fingerprint density at radius 3 is 2.45 bits per heavy atom. The van der Waals surface area contributed by atoms with Crippen LogP contribution in [0.15, 0.2) is 43.1 Å². The molecule has 0 spiro atoms. The number of aromatic nitrogens is 1. The summed E-state index contributed by atoms with van der Waals surface area (Å²) in [5, 5.41) is 6.76. The number of benzene rings is 1. The molecule has 3 aliphatic carbocycles. The molecular formula is C36H46ClN5O8S. The van der Waals surface area contributed by atoms with Gasteiger partial charge >= 0.3 is 6.09 Å². The average molecular weight is 744 g/mol. The van der Waals surface area contributed by atoms with Crippen molar-refractivity contribution < 1.29 is 37.1 Å². The smallest absolute Gasteiger partial charge is 0.408 e. The average Bonchev–Trinajstić information content (AvgIpc) is 3.84. The first kappa shape index (κ1) is 36.9. The summed E-state index contributed by atoms with van der Waals surface area (Å²) >= 11 is 6.18. The number of pyridine rings is 1. The molecular weight excluding hydrogens is 698 g/mol.